The second-order valence-corrected chi connectivity index (χ2v) is 2.54. The van der Waals surface area contributed by atoms with Crippen LogP contribution in [0.25, 0.3) is 0 Å². The van der Waals surface area contributed by atoms with E-state index < -0.39 is 0 Å². The SMILES string of the molecule is C[C@H](N[n+]1ccccc1)C(N)=O. The normalized spacial score (nSPS) is 12.1. The average molecular weight is 166 g/mol. The van der Waals surface area contributed by atoms with Gasteiger partial charge in [0.05, 0.1) is 0 Å². The molecule has 0 bridgehead atoms. The maximum absolute atomic E-state index is 10.7. The topological polar surface area (TPSA) is 59.0 Å². The van der Waals surface area contributed by atoms with E-state index in [0.29, 0.717) is 0 Å². The highest BCUT2D eigenvalue weighted by Gasteiger charge is 2.11. The average Bonchev–Trinajstić information content (AvgIpc) is 2.06. The fourth-order valence-electron chi connectivity index (χ4n) is 0.772. The molecular weight excluding hydrogens is 154 g/mol. The fourth-order valence-corrected chi connectivity index (χ4v) is 0.772. The molecule has 1 atom stereocenters. The van der Waals surface area contributed by atoms with E-state index in [9.17, 15) is 4.79 Å². The Bertz CT molecular complexity index is 260. The van der Waals surface area contributed by atoms with Crippen molar-refractivity contribution in [1.29, 1.82) is 0 Å². The minimum atomic E-state index is -0.369. The number of hydrogen-bond acceptors (Lipinski definition) is 2. The van der Waals surface area contributed by atoms with E-state index in [1.165, 1.54) is 0 Å². The molecule has 1 rings (SSSR count). The third-order valence-electron chi connectivity index (χ3n) is 1.49. The third kappa shape index (κ3) is 2.23. The summed E-state index contributed by atoms with van der Waals surface area (Å²) in [7, 11) is 0. The lowest BCUT2D eigenvalue weighted by atomic mass is 10.3. The first kappa shape index (κ1) is 8.52. The zero-order chi connectivity index (χ0) is 8.97. The summed E-state index contributed by atoms with van der Waals surface area (Å²) in [6.45, 7) is 1.71. The molecule has 0 spiro atoms. The maximum Gasteiger partial charge on any atom is 0.245 e. The van der Waals surface area contributed by atoms with Crippen LogP contribution in [0.5, 0.6) is 0 Å². The van der Waals surface area contributed by atoms with Gasteiger partial charge in [-0.3, -0.25) is 4.79 Å². The molecule has 0 saturated carbocycles. The zero-order valence-corrected chi connectivity index (χ0v) is 6.90. The van der Waals surface area contributed by atoms with Crippen LogP contribution >= 0.6 is 0 Å². The number of nitrogens with zero attached hydrogens (tertiary/aromatic N) is 1. The van der Waals surface area contributed by atoms with Crippen molar-refractivity contribution in [2.24, 2.45) is 5.73 Å². The van der Waals surface area contributed by atoms with Gasteiger partial charge >= 0.3 is 0 Å². The van der Waals surface area contributed by atoms with Gasteiger partial charge in [-0.2, -0.15) is 5.43 Å². The van der Waals surface area contributed by atoms with Crippen molar-refractivity contribution in [1.82, 2.24) is 0 Å². The molecule has 12 heavy (non-hydrogen) atoms. The number of amides is 1. The number of hydrogen-bond donors (Lipinski definition) is 2. The summed E-state index contributed by atoms with van der Waals surface area (Å²) in [4.78, 5) is 10.7. The first-order chi connectivity index (χ1) is 5.70. The second-order valence-electron chi connectivity index (χ2n) is 2.54. The summed E-state index contributed by atoms with van der Waals surface area (Å²) in [5, 5.41) is 0. The number of carbonyl (C=O) groups is 1. The van der Waals surface area contributed by atoms with Gasteiger partial charge in [0, 0.05) is 12.1 Å². The first-order valence-electron chi connectivity index (χ1n) is 3.72. The fraction of sp³-hybridized carbons (Fsp3) is 0.250. The monoisotopic (exact) mass is 166 g/mol. The van der Waals surface area contributed by atoms with Gasteiger partial charge in [-0.15, -0.1) is 0 Å². The quantitative estimate of drug-likeness (QED) is 0.588. The summed E-state index contributed by atoms with van der Waals surface area (Å²) >= 11 is 0. The van der Waals surface area contributed by atoms with Crippen LogP contribution in [0.15, 0.2) is 30.6 Å². The molecule has 3 N–H and O–H groups in total. The molecule has 1 aromatic rings. The summed E-state index contributed by atoms with van der Waals surface area (Å²) in [6.07, 6.45) is 3.61. The Balaban J connectivity index is 2.58. The molecular formula is C8H12N3O+. The van der Waals surface area contributed by atoms with Gasteiger partial charge in [0.15, 0.2) is 18.4 Å². The zero-order valence-electron chi connectivity index (χ0n) is 6.90. The van der Waals surface area contributed by atoms with Crippen molar-refractivity contribution in [3.8, 4) is 0 Å². The van der Waals surface area contributed by atoms with E-state index in [-0.39, 0.29) is 11.9 Å². The highest BCUT2D eigenvalue weighted by atomic mass is 16.1. The minimum absolute atomic E-state index is 0.364. The van der Waals surface area contributed by atoms with E-state index in [2.05, 4.69) is 5.43 Å². The Morgan fingerprint density at radius 3 is 2.50 bits per heavy atom. The van der Waals surface area contributed by atoms with Gasteiger partial charge in [-0.1, -0.05) is 10.7 Å². The smallest absolute Gasteiger partial charge is 0.245 e. The molecule has 4 heteroatoms. The molecule has 0 radical (unpaired) electrons. The predicted molar refractivity (Wildman–Crippen MR) is 44.7 cm³/mol. The van der Waals surface area contributed by atoms with Gasteiger partial charge in [0.25, 0.3) is 0 Å². The van der Waals surface area contributed by atoms with Gasteiger partial charge in [-0.05, 0) is 6.92 Å². The van der Waals surface area contributed by atoms with Crippen molar-refractivity contribution in [2.75, 3.05) is 5.43 Å². The Hall–Kier alpha value is -1.58. The molecule has 0 aliphatic rings. The number of nitrogens with one attached hydrogen (secondary N) is 1. The molecule has 0 aliphatic carbocycles. The van der Waals surface area contributed by atoms with E-state index in [1.807, 2.05) is 18.2 Å². The van der Waals surface area contributed by atoms with Crippen LogP contribution in [0.3, 0.4) is 0 Å². The number of rotatable bonds is 3. The number of carbonyl (C=O) groups excluding carboxylic acids is 1. The molecule has 0 aliphatic heterocycles. The van der Waals surface area contributed by atoms with Crippen LogP contribution in [0, 0.1) is 0 Å². The number of aromatic nitrogens is 1. The lowest BCUT2D eigenvalue weighted by Crippen LogP contribution is -2.52. The number of pyridine rings is 1. The van der Waals surface area contributed by atoms with Crippen LogP contribution in [-0.2, 0) is 4.79 Å². The Labute approximate surface area is 71.0 Å². The van der Waals surface area contributed by atoms with Crippen molar-refractivity contribution < 1.29 is 9.47 Å². The first-order valence-corrected chi connectivity index (χ1v) is 3.72. The minimum Gasteiger partial charge on any atom is -0.368 e. The Kier molecular flexibility index (Phi) is 2.63. The highest BCUT2D eigenvalue weighted by Crippen LogP contribution is 1.79. The molecule has 1 amide bonds. The predicted octanol–water partition coefficient (Wildman–Crippen LogP) is -0.609. The summed E-state index contributed by atoms with van der Waals surface area (Å²) in [5.74, 6) is -0.369. The van der Waals surface area contributed by atoms with Crippen LogP contribution in [0.4, 0.5) is 0 Å². The van der Waals surface area contributed by atoms with Crippen LogP contribution in [0.2, 0.25) is 0 Å². The van der Waals surface area contributed by atoms with Crippen LogP contribution in [-0.4, -0.2) is 11.9 Å². The summed E-state index contributed by atoms with van der Waals surface area (Å²) in [5.41, 5.74) is 7.95. The molecule has 4 nitrogen and oxygen atoms in total. The second kappa shape index (κ2) is 3.71. The molecule has 0 unspecified atom stereocenters. The molecule has 0 saturated heterocycles. The highest BCUT2D eigenvalue weighted by molar-refractivity contribution is 5.80. The lowest BCUT2D eigenvalue weighted by Gasteiger charge is -2.04. The number of nitrogens with two attached hydrogens (primary N) is 1. The van der Waals surface area contributed by atoms with E-state index in [1.54, 1.807) is 24.0 Å². The maximum atomic E-state index is 10.7. The Morgan fingerprint density at radius 2 is 2.00 bits per heavy atom. The lowest BCUT2D eigenvalue weighted by molar-refractivity contribution is -0.652. The number of primary amides is 1. The van der Waals surface area contributed by atoms with Crippen molar-refractivity contribution in [2.45, 2.75) is 13.0 Å². The van der Waals surface area contributed by atoms with Crippen molar-refractivity contribution in [3.05, 3.63) is 30.6 Å². The van der Waals surface area contributed by atoms with Crippen LogP contribution in [0.1, 0.15) is 6.92 Å². The van der Waals surface area contributed by atoms with E-state index >= 15 is 0 Å². The largest absolute Gasteiger partial charge is 0.368 e. The molecule has 0 aromatic carbocycles. The van der Waals surface area contributed by atoms with Crippen LogP contribution < -0.4 is 15.8 Å². The van der Waals surface area contributed by atoms with Crippen molar-refractivity contribution in [3.63, 3.8) is 0 Å². The molecule has 1 heterocycles. The standard InChI is InChI=1S/C8H11N3O/c1-7(8(9)12)10-11-5-3-2-4-6-11/h2-7,10H,1H3,(H-,9,12)/p+1/t7-/m0/s1. The van der Waals surface area contributed by atoms with Gasteiger partial charge < -0.3 is 5.73 Å². The van der Waals surface area contributed by atoms with Gasteiger partial charge in [0.1, 0.15) is 0 Å². The molecule has 1 aromatic heterocycles. The Morgan fingerprint density at radius 1 is 1.42 bits per heavy atom. The van der Waals surface area contributed by atoms with Crippen molar-refractivity contribution >= 4 is 5.91 Å². The molecule has 64 valence electrons. The summed E-state index contributed by atoms with van der Waals surface area (Å²) in [6, 6.07) is 5.26. The summed E-state index contributed by atoms with van der Waals surface area (Å²) < 4.78 is 1.69. The van der Waals surface area contributed by atoms with E-state index in [4.69, 9.17) is 5.73 Å². The van der Waals surface area contributed by atoms with Gasteiger partial charge in [0.2, 0.25) is 5.91 Å². The van der Waals surface area contributed by atoms with Gasteiger partial charge in [-0.25, -0.2) is 0 Å². The third-order valence-corrected chi connectivity index (χ3v) is 1.49. The van der Waals surface area contributed by atoms with E-state index in [0.717, 1.165) is 0 Å². The molecule has 0 fully saturated rings.